The van der Waals surface area contributed by atoms with Gasteiger partial charge in [-0.05, 0) is 42.7 Å². The van der Waals surface area contributed by atoms with Crippen molar-refractivity contribution in [2.45, 2.75) is 19.9 Å². The second kappa shape index (κ2) is 10.7. The van der Waals surface area contributed by atoms with E-state index in [0.717, 1.165) is 50.8 Å². The minimum absolute atomic E-state index is 0.196. The second-order valence-corrected chi connectivity index (χ2v) is 6.73. The molecule has 1 aliphatic heterocycles. The average molecular weight is 384 g/mol. The summed E-state index contributed by atoms with van der Waals surface area (Å²) < 4.78 is 18.8. The van der Waals surface area contributed by atoms with E-state index in [2.05, 4.69) is 39.8 Å². The maximum atomic E-state index is 13.3. The van der Waals surface area contributed by atoms with E-state index in [1.807, 2.05) is 13.0 Å². The third kappa shape index (κ3) is 5.96. The lowest BCUT2D eigenvalue weighted by atomic mass is 10.1. The number of rotatable bonds is 7. The molecule has 2 N–H and O–H groups in total. The van der Waals surface area contributed by atoms with E-state index < -0.39 is 0 Å². The largest absolute Gasteiger partial charge is 0.378 e. The van der Waals surface area contributed by atoms with E-state index in [9.17, 15) is 4.39 Å². The number of nitrogens with one attached hydrogen (secondary N) is 2. The van der Waals surface area contributed by atoms with Gasteiger partial charge in [-0.3, -0.25) is 0 Å². The summed E-state index contributed by atoms with van der Waals surface area (Å²) in [7, 11) is 0. The van der Waals surface area contributed by atoms with Gasteiger partial charge in [0, 0.05) is 31.9 Å². The SMILES string of the molecule is CCNC(=NCc1ccccc1N1CCOCC1)NCCc1cccc(F)c1. The van der Waals surface area contributed by atoms with Gasteiger partial charge in [-0.2, -0.15) is 0 Å². The highest BCUT2D eigenvalue weighted by atomic mass is 19.1. The summed E-state index contributed by atoms with van der Waals surface area (Å²) in [4.78, 5) is 7.11. The topological polar surface area (TPSA) is 48.9 Å². The zero-order valence-electron chi connectivity index (χ0n) is 16.5. The zero-order chi connectivity index (χ0) is 19.6. The fourth-order valence-electron chi connectivity index (χ4n) is 3.28. The molecule has 1 aliphatic rings. The van der Waals surface area contributed by atoms with Crippen LogP contribution < -0.4 is 15.5 Å². The van der Waals surface area contributed by atoms with E-state index in [-0.39, 0.29) is 5.82 Å². The van der Waals surface area contributed by atoms with Gasteiger partial charge in [0.05, 0.1) is 19.8 Å². The molecule has 0 bridgehead atoms. The van der Waals surface area contributed by atoms with Gasteiger partial charge < -0.3 is 20.3 Å². The molecule has 0 atom stereocenters. The molecule has 1 fully saturated rings. The molecule has 6 heteroatoms. The molecule has 0 spiro atoms. The summed E-state index contributed by atoms with van der Waals surface area (Å²) in [6.45, 7) is 7.48. The first-order valence-corrected chi connectivity index (χ1v) is 9.93. The first-order valence-electron chi connectivity index (χ1n) is 9.93. The molecular weight excluding hydrogens is 355 g/mol. The summed E-state index contributed by atoms with van der Waals surface area (Å²) >= 11 is 0. The van der Waals surface area contributed by atoms with Crippen molar-refractivity contribution < 1.29 is 9.13 Å². The van der Waals surface area contributed by atoms with Crippen LogP contribution >= 0.6 is 0 Å². The van der Waals surface area contributed by atoms with Crippen LogP contribution in [0, 0.1) is 5.82 Å². The predicted octanol–water partition coefficient (Wildman–Crippen LogP) is 2.96. The summed E-state index contributed by atoms with van der Waals surface area (Å²) in [6, 6.07) is 15.1. The van der Waals surface area contributed by atoms with Crippen molar-refractivity contribution in [3.63, 3.8) is 0 Å². The first-order chi connectivity index (χ1) is 13.8. The third-order valence-electron chi connectivity index (χ3n) is 4.69. The minimum atomic E-state index is -0.196. The number of morpholine rings is 1. The standard InChI is InChI=1S/C22H29FN4O/c1-2-24-22(25-11-10-18-6-5-8-20(23)16-18)26-17-19-7-3-4-9-21(19)27-12-14-28-15-13-27/h3-9,16H,2,10-15,17H2,1H3,(H2,24,25,26). The number of ether oxygens (including phenoxy) is 1. The lowest BCUT2D eigenvalue weighted by molar-refractivity contribution is 0.122. The van der Waals surface area contributed by atoms with E-state index >= 15 is 0 Å². The second-order valence-electron chi connectivity index (χ2n) is 6.73. The summed E-state index contributed by atoms with van der Waals surface area (Å²) in [6.07, 6.45) is 0.743. The number of hydrogen-bond donors (Lipinski definition) is 2. The number of aliphatic imine (C=N–C) groups is 1. The molecule has 3 rings (SSSR count). The Labute approximate surface area is 166 Å². The van der Waals surface area contributed by atoms with Crippen molar-refractivity contribution in [1.82, 2.24) is 10.6 Å². The van der Waals surface area contributed by atoms with Crippen molar-refractivity contribution >= 4 is 11.6 Å². The normalized spacial score (nSPS) is 14.8. The molecule has 1 heterocycles. The van der Waals surface area contributed by atoms with Gasteiger partial charge in [0.1, 0.15) is 5.82 Å². The van der Waals surface area contributed by atoms with Crippen LogP contribution in [0.4, 0.5) is 10.1 Å². The van der Waals surface area contributed by atoms with Crippen LogP contribution in [0.25, 0.3) is 0 Å². The number of hydrogen-bond acceptors (Lipinski definition) is 3. The van der Waals surface area contributed by atoms with Crippen molar-refractivity contribution in [2.24, 2.45) is 4.99 Å². The Morgan fingerprint density at radius 2 is 1.93 bits per heavy atom. The Kier molecular flexibility index (Phi) is 7.67. The van der Waals surface area contributed by atoms with Gasteiger partial charge in [-0.25, -0.2) is 9.38 Å². The molecule has 5 nitrogen and oxygen atoms in total. The van der Waals surface area contributed by atoms with Crippen molar-refractivity contribution in [2.75, 3.05) is 44.3 Å². The Morgan fingerprint density at radius 1 is 1.11 bits per heavy atom. The number of halogens is 1. The van der Waals surface area contributed by atoms with Crippen LogP contribution in [0.2, 0.25) is 0 Å². The highest BCUT2D eigenvalue weighted by Crippen LogP contribution is 2.22. The fourth-order valence-corrected chi connectivity index (χ4v) is 3.28. The zero-order valence-corrected chi connectivity index (χ0v) is 16.5. The predicted molar refractivity (Wildman–Crippen MR) is 112 cm³/mol. The molecule has 150 valence electrons. The van der Waals surface area contributed by atoms with E-state index in [4.69, 9.17) is 9.73 Å². The fraction of sp³-hybridized carbons (Fsp3) is 0.409. The summed E-state index contributed by atoms with van der Waals surface area (Å²) in [5, 5.41) is 6.62. The van der Waals surface area contributed by atoms with E-state index in [1.165, 1.54) is 17.3 Å². The molecular formula is C22H29FN4O. The van der Waals surface area contributed by atoms with Gasteiger partial charge in [0.15, 0.2) is 5.96 Å². The van der Waals surface area contributed by atoms with Crippen LogP contribution in [0.1, 0.15) is 18.1 Å². The Hall–Kier alpha value is -2.60. The third-order valence-corrected chi connectivity index (χ3v) is 4.69. The minimum Gasteiger partial charge on any atom is -0.378 e. The lowest BCUT2D eigenvalue weighted by Crippen LogP contribution is -2.38. The number of anilines is 1. The van der Waals surface area contributed by atoms with Crippen molar-refractivity contribution in [1.29, 1.82) is 0 Å². The summed E-state index contributed by atoms with van der Waals surface area (Å²) in [5.41, 5.74) is 3.40. The highest BCUT2D eigenvalue weighted by molar-refractivity contribution is 5.79. The monoisotopic (exact) mass is 384 g/mol. The molecule has 1 saturated heterocycles. The number of para-hydroxylation sites is 1. The molecule has 0 radical (unpaired) electrons. The van der Waals surface area contributed by atoms with E-state index in [0.29, 0.717) is 13.1 Å². The number of benzene rings is 2. The van der Waals surface area contributed by atoms with Crippen molar-refractivity contribution in [3.05, 3.63) is 65.5 Å². The Bertz CT molecular complexity index is 775. The molecule has 0 aromatic heterocycles. The number of guanidine groups is 1. The Balaban J connectivity index is 1.61. The van der Waals surface area contributed by atoms with Gasteiger partial charge >= 0.3 is 0 Å². The van der Waals surface area contributed by atoms with Gasteiger partial charge in [-0.15, -0.1) is 0 Å². The number of nitrogens with zero attached hydrogens (tertiary/aromatic N) is 2. The van der Waals surface area contributed by atoms with Crippen LogP contribution in [0.15, 0.2) is 53.5 Å². The molecule has 0 aliphatic carbocycles. The summed E-state index contributed by atoms with van der Waals surface area (Å²) in [5.74, 6) is 0.577. The van der Waals surface area contributed by atoms with Crippen LogP contribution in [-0.2, 0) is 17.7 Å². The van der Waals surface area contributed by atoms with Crippen LogP contribution in [0.5, 0.6) is 0 Å². The van der Waals surface area contributed by atoms with Gasteiger partial charge in [-0.1, -0.05) is 30.3 Å². The van der Waals surface area contributed by atoms with Gasteiger partial charge in [0.25, 0.3) is 0 Å². The maximum absolute atomic E-state index is 13.3. The van der Waals surface area contributed by atoms with Crippen LogP contribution in [-0.4, -0.2) is 45.4 Å². The molecule has 0 unspecified atom stereocenters. The van der Waals surface area contributed by atoms with Crippen LogP contribution in [0.3, 0.4) is 0 Å². The molecule has 0 saturated carbocycles. The molecule has 0 amide bonds. The smallest absolute Gasteiger partial charge is 0.191 e. The highest BCUT2D eigenvalue weighted by Gasteiger charge is 2.14. The quantitative estimate of drug-likeness (QED) is 0.569. The first kappa shape index (κ1) is 20.1. The average Bonchev–Trinajstić information content (AvgIpc) is 2.73. The molecule has 2 aromatic carbocycles. The maximum Gasteiger partial charge on any atom is 0.191 e. The van der Waals surface area contributed by atoms with Crippen molar-refractivity contribution in [3.8, 4) is 0 Å². The Morgan fingerprint density at radius 3 is 2.71 bits per heavy atom. The van der Waals surface area contributed by atoms with E-state index in [1.54, 1.807) is 12.1 Å². The molecule has 2 aromatic rings. The molecule has 28 heavy (non-hydrogen) atoms. The lowest BCUT2D eigenvalue weighted by Gasteiger charge is -2.30. The van der Waals surface area contributed by atoms with Gasteiger partial charge in [0.2, 0.25) is 0 Å².